The van der Waals surface area contributed by atoms with Gasteiger partial charge < -0.3 is 16.0 Å². The zero-order valence-corrected chi connectivity index (χ0v) is 11.8. The Kier molecular flexibility index (Phi) is 2.82. The van der Waals surface area contributed by atoms with Gasteiger partial charge in [-0.3, -0.25) is 4.79 Å². The Balaban J connectivity index is 1.67. The van der Waals surface area contributed by atoms with Gasteiger partial charge in [0.25, 0.3) is 0 Å². The number of pyridine rings is 2. The summed E-state index contributed by atoms with van der Waals surface area (Å²) in [6, 6.07) is 7.47. The third-order valence-corrected chi connectivity index (χ3v) is 3.84. The summed E-state index contributed by atoms with van der Waals surface area (Å²) in [5.41, 5.74) is 8.33. The second-order valence-electron chi connectivity index (χ2n) is 5.53. The highest BCUT2D eigenvalue weighted by atomic mass is 16.2. The molecule has 0 radical (unpaired) electrons. The first-order chi connectivity index (χ1) is 10.7. The molecule has 0 saturated heterocycles. The standard InChI is InChI=1S/C16H15N5O/c17-13-5-3-10(7-18-13)12-8-19-15-11(12)4-6-14(20-15)21-16(22)9-1-2-9/h3-9H,1-2H2,(H2,17,18)(H2,19,20,21,22). The molecule has 3 aromatic rings. The van der Waals surface area contributed by atoms with E-state index in [0.29, 0.717) is 11.6 Å². The highest BCUT2D eigenvalue weighted by molar-refractivity contribution is 5.97. The van der Waals surface area contributed by atoms with Crippen LogP contribution in [0.2, 0.25) is 0 Å². The smallest absolute Gasteiger partial charge is 0.228 e. The van der Waals surface area contributed by atoms with Crippen LogP contribution in [-0.2, 0) is 4.79 Å². The first kappa shape index (κ1) is 12.8. The third kappa shape index (κ3) is 2.28. The van der Waals surface area contributed by atoms with E-state index >= 15 is 0 Å². The molecule has 6 nitrogen and oxygen atoms in total. The van der Waals surface area contributed by atoms with Crippen LogP contribution in [0.4, 0.5) is 11.6 Å². The monoisotopic (exact) mass is 293 g/mol. The summed E-state index contributed by atoms with van der Waals surface area (Å²) >= 11 is 0. The predicted octanol–water partition coefficient (Wildman–Crippen LogP) is 2.56. The van der Waals surface area contributed by atoms with Crippen LogP contribution in [0.5, 0.6) is 0 Å². The molecule has 1 amide bonds. The molecule has 6 heteroatoms. The summed E-state index contributed by atoms with van der Waals surface area (Å²) in [7, 11) is 0. The van der Waals surface area contributed by atoms with Crippen molar-refractivity contribution in [2.45, 2.75) is 12.8 Å². The van der Waals surface area contributed by atoms with Crippen molar-refractivity contribution < 1.29 is 4.79 Å². The molecule has 22 heavy (non-hydrogen) atoms. The summed E-state index contributed by atoms with van der Waals surface area (Å²) in [5, 5.41) is 3.84. The lowest BCUT2D eigenvalue weighted by atomic mass is 10.1. The van der Waals surface area contributed by atoms with Crippen LogP contribution in [-0.4, -0.2) is 20.9 Å². The van der Waals surface area contributed by atoms with Gasteiger partial charge in [0.15, 0.2) is 0 Å². The van der Waals surface area contributed by atoms with Gasteiger partial charge in [0.2, 0.25) is 5.91 Å². The maximum Gasteiger partial charge on any atom is 0.228 e. The van der Waals surface area contributed by atoms with E-state index in [-0.39, 0.29) is 11.8 Å². The van der Waals surface area contributed by atoms with Crippen molar-refractivity contribution in [3.8, 4) is 11.1 Å². The van der Waals surface area contributed by atoms with E-state index in [1.54, 1.807) is 12.3 Å². The molecule has 3 aromatic heterocycles. The molecule has 110 valence electrons. The average Bonchev–Trinajstić information content (AvgIpc) is 3.29. The van der Waals surface area contributed by atoms with Crippen LogP contribution < -0.4 is 11.1 Å². The van der Waals surface area contributed by atoms with Crippen LogP contribution in [0.1, 0.15) is 12.8 Å². The van der Waals surface area contributed by atoms with Gasteiger partial charge in [0.05, 0.1) is 0 Å². The summed E-state index contributed by atoms with van der Waals surface area (Å²) in [6.07, 6.45) is 5.58. The number of carbonyl (C=O) groups excluding carboxylic acids is 1. The zero-order valence-electron chi connectivity index (χ0n) is 11.8. The summed E-state index contributed by atoms with van der Waals surface area (Å²) in [5.74, 6) is 1.29. The largest absolute Gasteiger partial charge is 0.384 e. The van der Waals surface area contributed by atoms with Gasteiger partial charge in [-0.15, -0.1) is 0 Å². The molecule has 0 atom stereocenters. The molecule has 0 aromatic carbocycles. The third-order valence-electron chi connectivity index (χ3n) is 3.84. The highest BCUT2D eigenvalue weighted by Gasteiger charge is 2.29. The summed E-state index contributed by atoms with van der Waals surface area (Å²) in [4.78, 5) is 23.5. The Bertz CT molecular complexity index is 849. The quantitative estimate of drug-likeness (QED) is 0.691. The molecule has 0 bridgehead atoms. The van der Waals surface area contributed by atoms with E-state index in [0.717, 1.165) is 35.0 Å². The molecule has 1 aliphatic carbocycles. The number of amides is 1. The van der Waals surface area contributed by atoms with Crippen molar-refractivity contribution in [3.63, 3.8) is 0 Å². The fourth-order valence-corrected chi connectivity index (χ4v) is 2.45. The van der Waals surface area contributed by atoms with E-state index in [2.05, 4.69) is 20.3 Å². The van der Waals surface area contributed by atoms with Crippen molar-refractivity contribution in [1.82, 2.24) is 15.0 Å². The number of nitrogens with one attached hydrogen (secondary N) is 2. The molecule has 4 rings (SSSR count). The zero-order chi connectivity index (χ0) is 15.1. The van der Waals surface area contributed by atoms with Crippen molar-refractivity contribution in [1.29, 1.82) is 0 Å². The van der Waals surface area contributed by atoms with Gasteiger partial charge in [0.1, 0.15) is 17.3 Å². The number of aromatic amines is 1. The Hall–Kier alpha value is -2.89. The van der Waals surface area contributed by atoms with Crippen LogP contribution in [0.25, 0.3) is 22.2 Å². The number of nitrogens with two attached hydrogens (primary N) is 1. The van der Waals surface area contributed by atoms with E-state index in [1.165, 1.54) is 0 Å². The molecule has 1 aliphatic rings. The Labute approximate surface area is 126 Å². The molecule has 4 N–H and O–H groups in total. The minimum atomic E-state index is 0.0568. The van der Waals surface area contributed by atoms with E-state index in [9.17, 15) is 4.79 Å². The summed E-state index contributed by atoms with van der Waals surface area (Å²) in [6.45, 7) is 0. The lowest BCUT2D eigenvalue weighted by molar-refractivity contribution is -0.117. The van der Waals surface area contributed by atoms with Crippen molar-refractivity contribution in [2.24, 2.45) is 5.92 Å². The van der Waals surface area contributed by atoms with Gasteiger partial charge >= 0.3 is 0 Å². The molecule has 3 heterocycles. The van der Waals surface area contributed by atoms with Gasteiger partial charge in [-0.05, 0) is 37.1 Å². The van der Waals surface area contributed by atoms with Crippen LogP contribution in [0, 0.1) is 5.92 Å². The molecular formula is C16H15N5O. The maximum atomic E-state index is 11.8. The Morgan fingerprint density at radius 3 is 2.86 bits per heavy atom. The number of anilines is 2. The normalized spacial score (nSPS) is 14.2. The number of H-pyrrole nitrogens is 1. The van der Waals surface area contributed by atoms with E-state index < -0.39 is 0 Å². The molecule has 0 aliphatic heterocycles. The fraction of sp³-hybridized carbons (Fsp3) is 0.188. The second kappa shape index (κ2) is 4.84. The highest BCUT2D eigenvalue weighted by Crippen LogP contribution is 2.31. The van der Waals surface area contributed by atoms with E-state index in [4.69, 9.17) is 5.73 Å². The topological polar surface area (TPSA) is 96.7 Å². The maximum absolute atomic E-state index is 11.8. The van der Waals surface area contributed by atoms with Gasteiger partial charge in [-0.1, -0.05) is 0 Å². The van der Waals surface area contributed by atoms with Crippen molar-refractivity contribution in [2.75, 3.05) is 11.1 Å². The molecule has 0 spiro atoms. The lowest BCUT2D eigenvalue weighted by Gasteiger charge is -2.04. The predicted molar refractivity (Wildman–Crippen MR) is 85.1 cm³/mol. The first-order valence-corrected chi connectivity index (χ1v) is 7.21. The molecule has 1 fully saturated rings. The second-order valence-corrected chi connectivity index (χ2v) is 5.53. The Morgan fingerprint density at radius 2 is 2.14 bits per heavy atom. The van der Waals surface area contributed by atoms with Crippen molar-refractivity contribution in [3.05, 3.63) is 36.7 Å². The van der Waals surface area contributed by atoms with Crippen LogP contribution in [0.15, 0.2) is 36.7 Å². The van der Waals surface area contributed by atoms with Gasteiger partial charge in [0, 0.05) is 34.8 Å². The van der Waals surface area contributed by atoms with Crippen LogP contribution in [0.3, 0.4) is 0 Å². The van der Waals surface area contributed by atoms with Gasteiger partial charge in [-0.2, -0.15) is 0 Å². The number of aromatic nitrogens is 3. The minimum absolute atomic E-state index is 0.0568. The van der Waals surface area contributed by atoms with E-state index in [1.807, 2.05) is 24.4 Å². The average molecular weight is 293 g/mol. The van der Waals surface area contributed by atoms with Crippen molar-refractivity contribution >= 4 is 28.6 Å². The number of carbonyl (C=O) groups is 1. The molecule has 1 saturated carbocycles. The SMILES string of the molecule is Nc1ccc(-c2c[nH]c3nc(NC(=O)C4CC4)ccc23)cn1. The first-order valence-electron chi connectivity index (χ1n) is 7.21. The number of hydrogen-bond acceptors (Lipinski definition) is 4. The summed E-state index contributed by atoms with van der Waals surface area (Å²) < 4.78 is 0. The number of nitrogen functional groups attached to an aromatic ring is 1. The van der Waals surface area contributed by atoms with Gasteiger partial charge in [-0.25, -0.2) is 9.97 Å². The molecular weight excluding hydrogens is 278 g/mol. The number of rotatable bonds is 3. The Morgan fingerprint density at radius 1 is 1.27 bits per heavy atom. The number of nitrogens with zero attached hydrogens (tertiary/aromatic N) is 2. The number of hydrogen-bond donors (Lipinski definition) is 3. The van der Waals surface area contributed by atoms with Crippen LogP contribution >= 0.6 is 0 Å². The fourth-order valence-electron chi connectivity index (χ4n) is 2.45. The minimum Gasteiger partial charge on any atom is -0.384 e. The number of fused-ring (bicyclic) bond motifs is 1. The molecule has 0 unspecified atom stereocenters. The lowest BCUT2D eigenvalue weighted by Crippen LogP contribution is -2.14.